The molecule has 1 N–H and O–H groups in total. The molecule has 3 aromatic rings. The molecular weight excluding hydrogens is 230 g/mol. The maximum atomic E-state index is 3.32. The molecule has 1 heterocycles. The molecule has 0 amide bonds. The minimum atomic E-state index is 1.12. The van der Waals surface area contributed by atoms with Gasteiger partial charge in [0.2, 0.25) is 0 Å². The van der Waals surface area contributed by atoms with E-state index < -0.39 is 0 Å². The zero-order valence-electron chi connectivity index (χ0n) is 11.0. The summed E-state index contributed by atoms with van der Waals surface area (Å²) in [5.74, 6) is 0. The fourth-order valence-corrected chi connectivity index (χ4v) is 2.47. The molecule has 0 unspecified atom stereocenters. The van der Waals surface area contributed by atoms with Crippen molar-refractivity contribution in [2.45, 2.75) is 19.3 Å². The van der Waals surface area contributed by atoms with E-state index in [9.17, 15) is 0 Å². The van der Waals surface area contributed by atoms with E-state index in [0.717, 1.165) is 12.8 Å². The van der Waals surface area contributed by atoms with E-state index in [-0.39, 0.29) is 0 Å². The molecule has 3 rings (SSSR count). The lowest BCUT2D eigenvalue weighted by Crippen LogP contribution is -1.86. The van der Waals surface area contributed by atoms with Crippen molar-refractivity contribution in [3.63, 3.8) is 0 Å². The first-order valence-corrected chi connectivity index (χ1v) is 6.87. The van der Waals surface area contributed by atoms with Gasteiger partial charge in [-0.05, 0) is 42.9 Å². The van der Waals surface area contributed by atoms with Gasteiger partial charge >= 0.3 is 0 Å². The SMILES string of the molecule is [CH](CCCc1ccccc1)c1c[nH]c2ccccc12. The maximum absolute atomic E-state index is 3.32. The van der Waals surface area contributed by atoms with Crippen LogP contribution in [-0.4, -0.2) is 4.98 Å². The molecule has 0 saturated heterocycles. The number of H-pyrrole nitrogens is 1. The van der Waals surface area contributed by atoms with Gasteiger partial charge in [-0.15, -0.1) is 0 Å². The van der Waals surface area contributed by atoms with E-state index in [2.05, 4.69) is 72.2 Å². The largest absolute Gasteiger partial charge is 0.361 e. The molecule has 0 aliphatic carbocycles. The number of hydrogen-bond acceptors (Lipinski definition) is 0. The summed E-state index contributed by atoms with van der Waals surface area (Å²) >= 11 is 0. The van der Waals surface area contributed by atoms with Gasteiger partial charge in [0.15, 0.2) is 0 Å². The average Bonchev–Trinajstić information content (AvgIpc) is 2.88. The van der Waals surface area contributed by atoms with Crippen molar-refractivity contribution in [1.82, 2.24) is 4.98 Å². The van der Waals surface area contributed by atoms with Gasteiger partial charge in [-0.25, -0.2) is 0 Å². The molecule has 2 aromatic carbocycles. The predicted octanol–water partition coefficient (Wildman–Crippen LogP) is 4.74. The van der Waals surface area contributed by atoms with Crippen LogP contribution in [0.1, 0.15) is 24.0 Å². The molecule has 0 saturated carbocycles. The van der Waals surface area contributed by atoms with E-state index in [1.165, 1.54) is 28.5 Å². The zero-order chi connectivity index (χ0) is 12.9. The number of unbranched alkanes of at least 4 members (excludes halogenated alkanes) is 1. The summed E-state index contributed by atoms with van der Waals surface area (Å²) in [6.07, 6.45) is 7.91. The van der Waals surface area contributed by atoms with Crippen LogP contribution in [0.2, 0.25) is 0 Å². The van der Waals surface area contributed by atoms with Crippen LogP contribution >= 0.6 is 0 Å². The number of fused-ring (bicyclic) bond motifs is 1. The second kappa shape index (κ2) is 5.75. The summed E-state index contributed by atoms with van der Waals surface area (Å²) in [4.78, 5) is 3.32. The Bertz CT molecular complexity index is 637. The number of aromatic nitrogens is 1. The van der Waals surface area contributed by atoms with Crippen LogP contribution in [0, 0.1) is 6.42 Å². The number of benzene rings is 2. The van der Waals surface area contributed by atoms with Crippen LogP contribution in [0.5, 0.6) is 0 Å². The summed E-state index contributed by atoms with van der Waals surface area (Å²) in [5.41, 5.74) is 3.97. The predicted molar refractivity (Wildman–Crippen MR) is 81.1 cm³/mol. The third-order valence-electron chi connectivity index (χ3n) is 3.50. The molecule has 1 aromatic heterocycles. The highest BCUT2D eigenvalue weighted by Gasteiger charge is 2.02. The molecule has 0 fully saturated rings. The summed E-state index contributed by atoms with van der Waals surface area (Å²) < 4.78 is 0. The average molecular weight is 248 g/mol. The quantitative estimate of drug-likeness (QED) is 0.627. The highest BCUT2D eigenvalue weighted by Crippen LogP contribution is 2.21. The topological polar surface area (TPSA) is 15.8 Å². The van der Waals surface area contributed by atoms with Crippen molar-refractivity contribution < 1.29 is 0 Å². The lowest BCUT2D eigenvalue weighted by atomic mass is 10.0. The minimum absolute atomic E-state index is 1.12. The Kier molecular flexibility index (Phi) is 3.64. The van der Waals surface area contributed by atoms with Crippen molar-refractivity contribution in [3.8, 4) is 0 Å². The fraction of sp³-hybridized carbons (Fsp3) is 0.167. The second-order valence-corrected chi connectivity index (χ2v) is 4.87. The number of rotatable bonds is 5. The lowest BCUT2D eigenvalue weighted by Gasteiger charge is -2.01. The Balaban J connectivity index is 1.55. The number of para-hydroxylation sites is 1. The number of nitrogens with one attached hydrogen (secondary N) is 1. The maximum Gasteiger partial charge on any atom is 0.0456 e. The summed E-state index contributed by atoms with van der Waals surface area (Å²) in [6, 6.07) is 19.2. The van der Waals surface area contributed by atoms with E-state index in [1.54, 1.807) is 0 Å². The highest BCUT2D eigenvalue weighted by atomic mass is 14.7. The van der Waals surface area contributed by atoms with Gasteiger partial charge in [-0.3, -0.25) is 0 Å². The molecule has 1 heteroatoms. The van der Waals surface area contributed by atoms with Crippen LogP contribution in [-0.2, 0) is 6.42 Å². The van der Waals surface area contributed by atoms with E-state index >= 15 is 0 Å². The molecule has 0 aliphatic rings. The molecule has 0 spiro atoms. The van der Waals surface area contributed by atoms with Gasteiger partial charge in [-0.2, -0.15) is 0 Å². The van der Waals surface area contributed by atoms with Gasteiger partial charge in [0.25, 0.3) is 0 Å². The first-order valence-electron chi connectivity index (χ1n) is 6.87. The van der Waals surface area contributed by atoms with Crippen LogP contribution in [0.3, 0.4) is 0 Å². The van der Waals surface area contributed by atoms with Crippen molar-refractivity contribution in [3.05, 3.63) is 78.3 Å². The standard InChI is InChI=1S/C18H18N/c1-2-8-15(9-3-1)10-4-5-11-16-14-19-18-13-7-6-12-17(16)18/h1-3,6-9,11-14,19H,4-5,10H2. The number of hydrogen-bond donors (Lipinski definition) is 1. The minimum Gasteiger partial charge on any atom is -0.361 e. The Morgan fingerprint density at radius 1 is 0.895 bits per heavy atom. The van der Waals surface area contributed by atoms with Gasteiger partial charge in [-0.1, -0.05) is 48.5 Å². The van der Waals surface area contributed by atoms with Crippen LogP contribution in [0.25, 0.3) is 10.9 Å². The van der Waals surface area contributed by atoms with Gasteiger partial charge in [0.1, 0.15) is 0 Å². The van der Waals surface area contributed by atoms with Gasteiger partial charge < -0.3 is 4.98 Å². The van der Waals surface area contributed by atoms with E-state index in [4.69, 9.17) is 0 Å². The molecular formula is C18H18N. The fourth-order valence-electron chi connectivity index (χ4n) is 2.47. The van der Waals surface area contributed by atoms with Crippen LogP contribution < -0.4 is 0 Å². The summed E-state index contributed by atoms with van der Waals surface area (Å²) in [5, 5.41) is 1.32. The van der Waals surface area contributed by atoms with Crippen LogP contribution in [0.4, 0.5) is 0 Å². The number of aromatic amines is 1. The van der Waals surface area contributed by atoms with Crippen LogP contribution in [0.15, 0.2) is 60.8 Å². The van der Waals surface area contributed by atoms with Crippen molar-refractivity contribution >= 4 is 10.9 Å². The van der Waals surface area contributed by atoms with Crippen molar-refractivity contribution in [2.75, 3.05) is 0 Å². The lowest BCUT2D eigenvalue weighted by molar-refractivity contribution is 0.817. The summed E-state index contributed by atoms with van der Waals surface area (Å²) in [6.45, 7) is 0. The number of aryl methyl sites for hydroxylation is 1. The Labute approximate surface area is 114 Å². The molecule has 19 heavy (non-hydrogen) atoms. The Hall–Kier alpha value is -2.02. The smallest absolute Gasteiger partial charge is 0.0456 e. The molecule has 0 aliphatic heterocycles. The summed E-state index contributed by atoms with van der Waals surface area (Å²) in [7, 11) is 0. The van der Waals surface area contributed by atoms with Gasteiger partial charge in [0, 0.05) is 17.1 Å². The molecule has 1 radical (unpaired) electrons. The van der Waals surface area contributed by atoms with E-state index in [1.807, 2.05) is 0 Å². The highest BCUT2D eigenvalue weighted by molar-refractivity contribution is 5.84. The van der Waals surface area contributed by atoms with Gasteiger partial charge in [0.05, 0.1) is 0 Å². The first-order chi connectivity index (χ1) is 9.43. The Morgan fingerprint density at radius 2 is 1.68 bits per heavy atom. The first kappa shape index (κ1) is 12.0. The normalized spacial score (nSPS) is 10.9. The molecule has 0 bridgehead atoms. The monoisotopic (exact) mass is 248 g/mol. The third kappa shape index (κ3) is 2.87. The third-order valence-corrected chi connectivity index (χ3v) is 3.50. The van der Waals surface area contributed by atoms with E-state index in [0.29, 0.717) is 0 Å². The Morgan fingerprint density at radius 3 is 2.58 bits per heavy atom. The second-order valence-electron chi connectivity index (χ2n) is 4.87. The molecule has 95 valence electrons. The zero-order valence-corrected chi connectivity index (χ0v) is 11.0. The van der Waals surface area contributed by atoms with Crippen molar-refractivity contribution in [1.29, 1.82) is 0 Å². The molecule has 0 atom stereocenters. The van der Waals surface area contributed by atoms with Crippen molar-refractivity contribution in [2.24, 2.45) is 0 Å². The molecule has 1 nitrogen and oxygen atoms in total.